The number of allylic oxidation sites excluding steroid dienone is 1. The fraction of sp³-hybridized carbons (Fsp3) is 0.389. The Bertz CT molecular complexity index is 802. The van der Waals surface area contributed by atoms with E-state index in [1.54, 1.807) is 37.3 Å². The van der Waals surface area contributed by atoms with Gasteiger partial charge in [0.25, 0.3) is 0 Å². The van der Waals surface area contributed by atoms with E-state index >= 15 is 0 Å². The van der Waals surface area contributed by atoms with Gasteiger partial charge in [-0.3, -0.25) is 0 Å². The van der Waals surface area contributed by atoms with E-state index in [1.807, 2.05) is 13.0 Å². The van der Waals surface area contributed by atoms with Gasteiger partial charge >= 0.3 is 0 Å². The van der Waals surface area contributed by atoms with Crippen molar-refractivity contribution in [2.75, 3.05) is 13.1 Å². The minimum Gasteiger partial charge on any atom is -0.207 e. The number of rotatable bonds is 5. The standard InChI is InChI=1S/C18H24N2O2SSi/c1-16-7-9-18(10-8-16)23(21,22)20(13-11-17(2)15-19)12-6-14-24(3,4)5/h7-11H,12-13H2,1-5H3/b17-11-. The molecule has 0 heterocycles. The molecule has 0 aliphatic carbocycles. The topological polar surface area (TPSA) is 61.2 Å². The molecule has 1 aromatic carbocycles. The SMILES string of the molecule is C/C(C#N)=C/CN(CC#C[Si](C)(C)C)S(=O)(=O)c1ccc(C)cc1. The fourth-order valence-electron chi connectivity index (χ4n) is 1.78. The van der Waals surface area contributed by atoms with E-state index in [2.05, 4.69) is 31.1 Å². The van der Waals surface area contributed by atoms with Crippen LogP contribution in [0.25, 0.3) is 0 Å². The third-order valence-electron chi connectivity index (χ3n) is 3.16. The molecule has 0 spiro atoms. The lowest BCUT2D eigenvalue weighted by Crippen LogP contribution is -2.32. The Morgan fingerprint density at radius 1 is 1.25 bits per heavy atom. The van der Waals surface area contributed by atoms with Gasteiger partial charge in [0.1, 0.15) is 8.07 Å². The van der Waals surface area contributed by atoms with Crippen LogP contribution in [0, 0.1) is 29.7 Å². The van der Waals surface area contributed by atoms with Crippen LogP contribution in [0.1, 0.15) is 12.5 Å². The zero-order chi connectivity index (χ0) is 18.4. The lowest BCUT2D eigenvalue weighted by atomic mass is 10.2. The Kier molecular flexibility index (Phi) is 6.98. The predicted octanol–water partition coefficient (Wildman–Crippen LogP) is 3.34. The van der Waals surface area contributed by atoms with E-state index in [4.69, 9.17) is 5.26 Å². The highest BCUT2D eigenvalue weighted by Crippen LogP contribution is 2.16. The smallest absolute Gasteiger partial charge is 0.207 e. The second-order valence-electron chi connectivity index (χ2n) is 6.66. The molecule has 0 atom stereocenters. The largest absolute Gasteiger partial charge is 0.244 e. The van der Waals surface area contributed by atoms with Crippen LogP contribution >= 0.6 is 0 Å². The molecular formula is C18H24N2O2SSi. The maximum atomic E-state index is 12.9. The summed E-state index contributed by atoms with van der Waals surface area (Å²) >= 11 is 0. The summed E-state index contributed by atoms with van der Waals surface area (Å²) in [5.74, 6) is 3.00. The third-order valence-corrected chi connectivity index (χ3v) is 5.91. The van der Waals surface area contributed by atoms with E-state index in [9.17, 15) is 8.42 Å². The van der Waals surface area contributed by atoms with Crippen molar-refractivity contribution in [2.24, 2.45) is 0 Å². The number of hydrogen-bond acceptors (Lipinski definition) is 3. The number of sulfonamides is 1. The summed E-state index contributed by atoms with van der Waals surface area (Å²) in [5.41, 5.74) is 4.67. The summed E-state index contributed by atoms with van der Waals surface area (Å²) in [6.45, 7) is 10.2. The van der Waals surface area contributed by atoms with Gasteiger partial charge in [-0.25, -0.2) is 8.42 Å². The van der Waals surface area contributed by atoms with Crippen LogP contribution in [-0.2, 0) is 10.0 Å². The van der Waals surface area contributed by atoms with Crippen LogP contribution < -0.4 is 0 Å². The number of nitrogens with zero attached hydrogens (tertiary/aromatic N) is 2. The molecule has 0 aliphatic heterocycles. The van der Waals surface area contributed by atoms with Gasteiger partial charge < -0.3 is 0 Å². The third kappa shape index (κ3) is 6.33. The molecule has 1 rings (SSSR count). The molecule has 0 aliphatic rings. The first-order valence-electron chi connectivity index (χ1n) is 7.70. The van der Waals surface area contributed by atoms with Gasteiger partial charge in [0.15, 0.2) is 0 Å². The molecule has 0 radical (unpaired) electrons. The Balaban J connectivity index is 3.17. The van der Waals surface area contributed by atoms with Gasteiger partial charge in [-0.15, -0.1) is 5.54 Å². The monoisotopic (exact) mass is 360 g/mol. The van der Waals surface area contributed by atoms with Crippen molar-refractivity contribution in [1.82, 2.24) is 4.31 Å². The molecule has 0 saturated carbocycles. The van der Waals surface area contributed by atoms with Crippen molar-refractivity contribution >= 4 is 18.1 Å². The van der Waals surface area contributed by atoms with Gasteiger partial charge in [0.05, 0.1) is 17.5 Å². The van der Waals surface area contributed by atoms with Gasteiger partial charge in [-0.1, -0.05) is 49.3 Å². The van der Waals surface area contributed by atoms with Gasteiger partial charge in [-0.2, -0.15) is 9.57 Å². The van der Waals surface area contributed by atoms with Crippen molar-refractivity contribution in [3.8, 4) is 17.5 Å². The maximum absolute atomic E-state index is 12.9. The van der Waals surface area contributed by atoms with Crippen molar-refractivity contribution in [2.45, 2.75) is 38.4 Å². The van der Waals surface area contributed by atoms with Crippen LogP contribution in [0.15, 0.2) is 40.8 Å². The average molecular weight is 361 g/mol. The first kappa shape index (κ1) is 20.2. The van der Waals surface area contributed by atoms with Crippen LogP contribution in [0.2, 0.25) is 19.6 Å². The molecule has 0 unspecified atom stereocenters. The van der Waals surface area contributed by atoms with Crippen LogP contribution in [0.4, 0.5) is 0 Å². The van der Waals surface area contributed by atoms with E-state index < -0.39 is 18.1 Å². The highest BCUT2D eigenvalue weighted by atomic mass is 32.2. The number of hydrogen-bond donors (Lipinski definition) is 0. The molecule has 1 aromatic rings. The molecular weight excluding hydrogens is 336 g/mol. The Morgan fingerprint density at radius 3 is 2.33 bits per heavy atom. The van der Waals surface area contributed by atoms with E-state index in [0.717, 1.165) is 5.56 Å². The zero-order valence-electron chi connectivity index (χ0n) is 14.9. The minimum atomic E-state index is -3.65. The van der Waals surface area contributed by atoms with Crippen LogP contribution in [-0.4, -0.2) is 33.9 Å². The summed E-state index contributed by atoms with van der Waals surface area (Å²) < 4.78 is 27.0. The van der Waals surface area contributed by atoms with E-state index in [-0.39, 0.29) is 18.0 Å². The second kappa shape index (κ2) is 8.30. The molecule has 0 fully saturated rings. The van der Waals surface area contributed by atoms with E-state index in [0.29, 0.717) is 5.57 Å². The zero-order valence-corrected chi connectivity index (χ0v) is 16.7. The summed E-state index contributed by atoms with van der Waals surface area (Å²) in [4.78, 5) is 0.242. The summed E-state index contributed by atoms with van der Waals surface area (Å²) in [5, 5.41) is 8.87. The molecule has 0 aromatic heterocycles. The highest BCUT2D eigenvalue weighted by molar-refractivity contribution is 7.89. The van der Waals surface area contributed by atoms with Gasteiger partial charge in [0.2, 0.25) is 10.0 Å². The van der Waals surface area contributed by atoms with Gasteiger partial charge in [-0.05, 0) is 26.0 Å². The Hall–Kier alpha value is -1.86. The predicted molar refractivity (Wildman–Crippen MR) is 100 cm³/mol. The molecule has 0 bridgehead atoms. The van der Waals surface area contributed by atoms with Crippen molar-refractivity contribution in [1.29, 1.82) is 5.26 Å². The molecule has 0 saturated heterocycles. The Morgan fingerprint density at radius 2 is 1.83 bits per heavy atom. The van der Waals surface area contributed by atoms with Crippen molar-refractivity contribution < 1.29 is 8.42 Å². The normalized spacial score (nSPS) is 12.5. The molecule has 0 N–H and O–H groups in total. The Labute approximate surface area is 146 Å². The molecule has 128 valence electrons. The van der Waals surface area contributed by atoms with Crippen LogP contribution in [0.3, 0.4) is 0 Å². The summed E-state index contributed by atoms with van der Waals surface area (Å²) in [6.07, 6.45) is 1.61. The highest BCUT2D eigenvalue weighted by Gasteiger charge is 2.23. The summed E-state index contributed by atoms with van der Waals surface area (Å²) in [7, 11) is -5.22. The quantitative estimate of drug-likeness (QED) is 0.460. The molecule has 4 nitrogen and oxygen atoms in total. The fourth-order valence-corrected chi connectivity index (χ4v) is 3.68. The minimum absolute atomic E-state index is 0.121. The lowest BCUT2D eigenvalue weighted by molar-refractivity contribution is 0.477. The van der Waals surface area contributed by atoms with E-state index in [1.165, 1.54) is 4.31 Å². The van der Waals surface area contributed by atoms with Crippen molar-refractivity contribution in [3.63, 3.8) is 0 Å². The first-order valence-corrected chi connectivity index (χ1v) is 12.6. The molecule has 24 heavy (non-hydrogen) atoms. The summed E-state index contributed by atoms with van der Waals surface area (Å²) in [6, 6.07) is 8.76. The first-order chi connectivity index (χ1) is 11.1. The maximum Gasteiger partial charge on any atom is 0.244 e. The lowest BCUT2D eigenvalue weighted by Gasteiger charge is -2.19. The molecule has 0 amide bonds. The average Bonchev–Trinajstić information content (AvgIpc) is 2.49. The number of aryl methyl sites for hydroxylation is 1. The number of nitriles is 1. The second-order valence-corrected chi connectivity index (χ2v) is 13.3. The number of benzene rings is 1. The van der Waals surface area contributed by atoms with Crippen LogP contribution in [0.5, 0.6) is 0 Å². The molecule has 6 heteroatoms. The van der Waals surface area contributed by atoms with Crippen molar-refractivity contribution in [3.05, 3.63) is 41.5 Å². The van der Waals surface area contributed by atoms with Gasteiger partial charge in [0, 0.05) is 12.1 Å².